The number of hydrogen-bond donors (Lipinski definition) is 1. The average Bonchev–Trinajstić information content (AvgIpc) is 3.07. The van der Waals surface area contributed by atoms with Gasteiger partial charge in [-0.05, 0) is 45.2 Å². The van der Waals surface area contributed by atoms with Crippen LogP contribution < -0.4 is 10.1 Å². The first-order chi connectivity index (χ1) is 16.6. The molecule has 1 N–H and O–H groups in total. The van der Waals surface area contributed by atoms with Gasteiger partial charge in [-0.25, -0.2) is 0 Å². The highest BCUT2D eigenvalue weighted by atomic mass is 28.3. The summed E-state index contributed by atoms with van der Waals surface area (Å²) in [5.74, 6) is -0.287. The second-order valence-corrected chi connectivity index (χ2v) is 15.9. The summed E-state index contributed by atoms with van der Waals surface area (Å²) in [6.45, 7) is 10.7. The van der Waals surface area contributed by atoms with Gasteiger partial charge >= 0.3 is 0 Å². The van der Waals surface area contributed by atoms with Crippen LogP contribution in [-0.4, -0.2) is 37.0 Å². The van der Waals surface area contributed by atoms with E-state index in [0.29, 0.717) is 6.42 Å². The first kappa shape index (κ1) is 24.2. The third kappa shape index (κ3) is 3.85. The Morgan fingerprint density at radius 1 is 1.06 bits per heavy atom. The minimum atomic E-state index is -1.89. The Hall–Kier alpha value is -2.47. The molecule has 2 fully saturated rings. The summed E-state index contributed by atoms with van der Waals surface area (Å²) in [4.78, 5) is 15.9. The molecule has 0 aromatic heterocycles. The number of nitrogens with zero attached hydrogens (tertiary/aromatic N) is 1. The zero-order chi connectivity index (χ0) is 25.0. The molecule has 2 aromatic rings. The maximum Gasteiger partial charge on any atom is 0.236 e. The van der Waals surface area contributed by atoms with Crippen LogP contribution >= 0.6 is 0 Å². The largest absolute Gasteiger partial charge is 0.385 e. The number of hydrogen-bond acceptors (Lipinski definition) is 3. The van der Waals surface area contributed by atoms with E-state index in [9.17, 15) is 9.90 Å². The lowest BCUT2D eigenvalue weighted by Crippen LogP contribution is -2.59. The summed E-state index contributed by atoms with van der Waals surface area (Å²) in [6.07, 6.45) is 6.47. The molecule has 184 valence electrons. The Bertz CT molecular complexity index is 1140. The summed E-state index contributed by atoms with van der Waals surface area (Å²) in [7, 11) is -1.89. The predicted molar refractivity (Wildman–Crippen MR) is 144 cm³/mol. The van der Waals surface area contributed by atoms with Gasteiger partial charge < -0.3 is 9.84 Å². The van der Waals surface area contributed by atoms with Gasteiger partial charge in [-0.2, -0.15) is 0 Å². The van der Waals surface area contributed by atoms with Crippen molar-refractivity contribution in [2.75, 3.05) is 4.90 Å². The molecule has 0 unspecified atom stereocenters. The van der Waals surface area contributed by atoms with Crippen LogP contribution in [-0.2, 0) is 9.53 Å². The number of anilines is 1. The van der Waals surface area contributed by atoms with Crippen LogP contribution in [0.3, 0.4) is 0 Å². The van der Waals surface area contributed by atoms with Crippen LogP contribution in [0, 0.1) is 23.2 Å². The third-order valence-electron chi connectivity index (χ3n) is 8.52. The van der Waals surface area contributed by atoms with Crippen LogP contribution in [0.1, 0.15) is 27.2 Å². The van der Waals surface area contributed by atoms with Crippen molar-refractivity contribution >= 4 is 24.9 Å². The highest BCUT2D eigenvalue weighted by molar-refractivity contribution is 6.93. The molecular weight excluding hydrogens is 450 g/mol. The van der Waals surface area contributed by atoms with E-state index < -0.39 is 25.3 Å². The number of benzene rings is 2. The topological polar surface area (TPSA) is 49.8 Å². The Kier molecular flexibility index (Phi) is 5.94. The van der Waals surface area contributed by atoms with Crippen LogP contribution in [0.25, 0.3) is 0 Å². The first-order valence-electron chi connectivity index (χ1n) is 12.8. The second-order valence-electron chi connectivity index (χ2n) is 11.5. The van der Waals surface area contributed by atoms with Crippen molar-refractivity contribution in [3.63, 3.8) is 0 Å². The van der Waals surface area contributed by atoms with E-state index in [-0.39, 0.29) is 29.8 Å². The number of carbonyl (C=O) groups excluding carboxylic acids is 1. The quantitative estimate of drug-likeness (QED) is 0.458. The lowest BCUT2D eigenvalue weighted by atomic mass is 9.50. The summed E-state index contributed by atoms with van der Waals surface area (Å²) in [5, 5.41) is 13.5. The van der Waals surface area contributed by atoms with E-state index in [1.807, 2.05) is 55.1 Å². The molecular formula is C30H37NO3Si. The van der Waals surface area contributed by atoms with Crippen LogP contribution in [0.5, 0.6) is 0 Å². The lowest BCUT2D eigenvalue weighted by Gasteiger charge is -2.55. The Morgan fingerprint density at radius 2 is 1.69 bits per heavy atom. The highest BCUT2D eigenvalue weighted by Gasteiger charge is 2.69. The van der Waals surface area contributed by atoms with E-state index in [4.69, 9.17) is 4.74 Å². The number of ether oxygens (including phenoxy) is 1. The SMILES string of the molecule is CC(C)O[C@@H]1[C@H]2[C@@H]3C=C[C@@H](C[C@@]3(O)/C=C/[Si](C)(C)c3ccccc3)[C@@]2(C)C(=O)N1c1ccccc1. The number of rotatable bonds is 6. The highest BCUT2D eigenvalue weighted by Crippen LogP contribution is 2.63. The number of carbonyl (C=O) groups is 1. The molecule has 2 bridgehead atoms. The van der Waals surface area contributed by atoms with Crippen LogP contribution in [0.4, 0.5) is 5.69 Å². The summed E-state index contributed by atoms with van der Waals surface area (Å²) >= 11 is 0. The van der Waals surface area contributed by atoms with Crippen molar-refractivity contribution in [1.29, 1.82) is 0 Å². The molecule has 1 aliphatic heterocycles. The molecule has 3 aliphatic carbocycles. The monoisotopic (exact) mass is 487 g/mol. The van der Waals surface area contributed by atoms with Gasteiger partial charge in [-0.1, -0.05) is 90.7 Å². The Labute approximate surface area is 210 Å². The standard InChI is InChI=1S/C30H37NO3Si/c1-21(2)34-27-26-25-17-16-22(29(26,3)28(32)31(27)23-12-8-6-9-13-23)20-30(25,33)18-19-35(4,5)24-14-10-7-11-15-24/h6-19,21-22,25-27,33H,20H2,1-5H3/b19-18+/t22-,25-,26+,27+,29+,30-/m0/s1. The van der Waals surface area contributed by atoms with Crippen molar-refractivity contribution in [3.8, 4) is 0 Å². The van der Waals surface area contributed by atoms with E-state index >= 15 is 0 Å². The van der Waals surface area contributed by atoms with Gasteiger partial charge in [0.2, 0.25) is 5.91 Å². The Morgan fingerprint density at radius 3 is 2.31 bits per heavy atom. The summed E-state index contributed by atoms with van der Waals surface area (Å²) < 4.78 is 6.49. The molecule has 0 radical (unpaired) electrons. The molecule has 35 heavy (non-hydrogen) atoms. The molecule has 6 rings (SSSR count). The van der Waals surface area contributed by atoms with Crippen molar-refractivity contribution in [3.05, 3.63) is 84.6 Å². The van der Waals surface area contributed by atoms with E-state index in [1.54, 1.807) is 0 Å². The van der Waals surface area contributed by atoms with Crippen LogP contribution in [0.15, 0.2) is 84.6 Å². The minimum Gasteiger partial charge on any atom is -0.385 e. The molecule has 1 amide bonds. The zero-order valence-corrected chi connectivity index (χ0v) is 22.4. The third-order valence-corrected chi connectivity index (χ3v) is 11.3. The maximum atomic E-state index is 14.1. The number of fused-ring (bicyclic) bond motifs is 1. The Balaban J connectivity index is 1.55. The molecule has 6 atom stereocenters. The fourth-order valence-corrected chi connectivity index (χ4v) is 8.47. The van der Waals surface area contributed by atoms with Crippen molar-refractivity contribution in [1.82, 2.24) is 0 Å². The van der Waals surface area contributed by atoms with E-state index in [1.165, 1.54) is 5.19 Å². The molecule has 2 aromatic carbocycles. The molecule has 1 saturated heterocycles. The fourth-order valence-electron chi connectivity index (χ4n) is 6.52. The molecule has 4 nitrogen and oxygen atoms in total. The smallest absolute Gasteiger partial charge is 0.236 e. The van der Waals surface area contributed by atoms with E-state index in [2.05, 4.69) is 68.2 Å². The van der Waals surface area contributed by atoms with Gasteiger partial charge in [0.25, 0.3) is 0 Å². The van der Waals surface area contributed by atoms with E-state index in [0.717, 1.165) is 5.69 Å². The fraction of sp³-hybridized carbons (Fsp3) is 0.433. The molecule has 1 heterocycles. The average molecular weight is 488 g/mol. The molecule has 5 heteroatoms. The van der Waals surface area contributed by atoms with Gasteiger partial charge in [0.05, 0.1) is 17.1 Å². The van der Waals surface area contributed by atoms with Gasteiger partial charge in [-0.15, -0.1) is 0 Å². The van der Waals surface area contributed by atoms with Crippen molar-refractivity contribution in [2.45, 2.75) is 58.2 Å². The van der Waals surface area contributed by atoms with Gasteiger partial charge in [-0.3, -0.25) is 9.69 Å². The normalized spacial score (nSPS) is 34.3. The van der Waals surface area contributed by atoms with Gasteiger partial charge in [0, 0.05) is 17.5 Å². The minimum absolute atomic E-state index is 0.0427. The number of allylic oxidation sites excluding steroid dienone is 1. The molecule has 1 saturated carbocycles. The van der Waals surface area contributed by atoms with Gasteiger partial charge in [0.15, 0.2) is 0 Å². The molecule has 4 aliphatic rings. The zero-order valence-electron chi connectivity index (χ0n) is 21.4. The van der Waals surface area contributed by atoms with Crippen molar-refractivity contribution < 1.29 is 14.6 Å². The number of para-hydroxylation sites is 1. The summed E-state index contributed by atoms with van der Waals surface area (Å²) in [5.41, 5.74) is 1.52. The maximum absolute atomic E-state index is 14.1. The number of aliphatic hydroxyl groups is 1. The molecule has 0 spiro atoms. The van der Waals surface area contributed by atoms with Gasteiger partial charge in [0.1, 0.15) is 14.3 Å². The lowest BCUT2D eigenvalue weighted by molar-refractivity contribution is -0.150. The first-order valence-corrected chi connectivity index (χ1v) is 15.9. The predicted octanol–water partition coefficient (Wildman–Crippen LogP) is 5.05. The second kappa shape index (κ2) is 8.58. The number of amides is 1. The summed E-state index contributed by atoms with van der Waals surface area (Å²) in [6, 6.07) is 20.4. The van der Waals surface area contributed by atoms with Crippen molar-refractivity contribution in [2.24, 2.45) is 23.2 Å². The van der Waals surface area contributed by atoms with Crippen LogP contribution in [0.2, 0.25) is 13.1 Å².